The SMILES string of the molecule is Cc1ccc(NS(=O)(=O)c2cc(C(=O)NC(C)c3cc(C)c(C)cc3C)ccc2Cl)cc1. The number of carbonyl (C=O) groups excluding carboxylic acids is 1. The summed E-state index contributed by atoms with van der Waals surface area (Å²) in [5.74, 6) is -0.376. The van der Waals surface area contributed by atoms with E-state index in [4.69, 9.17) is 11.6 Å². The summed E-state index contributed by atoms with van der Waals surface area (Å²) in [6.07, 6.45) is 0. The lowest BCUT2D eigenvalue weighted by molar-refractivity contribution is 0.0939. The number of nitrogens with one attached hydrogen (secondary N) is 2. The Balaban J connectivity index is 1.85. The summed E-state index contributed by atoms with van der Waals surface area (Å²) in [5.41, 5.74) is 6.09. The van der Waals surface area contributed by atoms with Crippen LogP contribution in [0.1, 0.15) is 51.1 Å². The number of anilines is 1. The Labute approximate surface area is 194 Å². The average Bonchev–Trinajstić information content (AvgIpc) is 2.72. The molecule has 3 aromatic carbocycles. The van der Waals surface area contributed by atoms with Crippen LogP contribution in [-0.4, -0.2) is 14.3 Å². The van der Waals surface area contributed by atoms with Gasteiger partial charge in [-0.3, -0.25) is 9.52 Å². The maximum atomic E-state index is 12.9. The lowest BCUT2D eigenvalue weighted by atomic mass is 9.96. The third-order valence-electron chi connectivity index (χ3n) is 5.48. The first kappa shape index (κ1) is 23.8. The molecule has 5 nitrogen and oxygen atoms in total. The highest BCUT2D eigenvalue weighted by atomic mass is 35.5. The van der Waals surface area contributed by atoms with Crippen molar-refractivity contribution in [3.8, 4) is 0 Å². The molecule has 0 spiro atoms. The molecule has 1 amide bonds. The maximum Gasteiger partial charge on any atom is 0.263 e. The van der Waals surface area contributed by atoms with Gasteiger partial charge in [0.05, 0.1) is 11.1 Å². The highest BCUT2D eigenvalue weighted by Crippen LogP contribution is 2.26. The number of rotatable bonds is 6. The fourth-order valence-corrected chi connectivity index (χ4v) is 5.07. The van der Waals surface area contributed by atoms with Crippen LogP contribution >= 0.6 is 11.6 Å². The largest absolute Gasteiger partial charge is 0.346 e. The monoisotopic (exact) mass is 470 g/mol. The Morgan fingerprint density at radius 3 is 2.16 bits per heavy atom. The molecule has 1 unspecified atom stereocenters. The number of hydrogen-bond acceptors (Lipinski definition) is 3. The molecular formula is C25H27ClN2O3S. The zero-order chi connectivity index (χ0) is 23.6. The van der Waals surface area contributed by atoms with Gasteiger partial charge in [-0.05, 0) is 87.2 Å². The van der Waals surface area contributed by atoms with Crippen LogP contribution in [0, 0.1) is 27.7 Å². The predicted octanol–water partition coefficient (Wildman–Crippen LogP) is 5.87. The van der Waals surface area contributed by atoms with Crippen LogP contribution in [0.5, 0.6) is 0 Å². The van der Waals surface area contributed by atoms with E-state index >= 15 is 0 Å². The number of amides is 1. The van der Waals surface area contributed by atoms with Crippen molar-refractivity contribution in [3.05, 3.63) is 93.0 Å². The normalized spacial score (nSPS) is 12.3. The zero-order valence-electron chi connectivity index (χ0n) is 18.8. The van der Waals surface area contributed by atoms with E-state index in [1.807, 2.05) is 27.7 Å². The molecule has 0 fully saturated rings. The second-order valence-corrected chi connectivity index (χ2v) is 10.2. The summed E-state index contributed by atoms with van der Waals surface area (Å²) in [4.78, 5) is 12.8. The van der Waals surface area contributed by atoms with Crippen molar-refractivity contribution in [1.29, 1.82) is 0 Å². The Morgan fingerprint density at radius 2 is 1.50 bits per heavy atom. The highest BCUT2D eigenvalue weighted by molar-refractivity contribution is 7.92. The van der Waals surface area contributed by atoms with E-state index in [0.29, 0.717) is 5.69 Å². The molecular weight excluding hydrogens is 444 g/mol. The molecule has 2 N–H and O–H groups in total. The van der Waals surface area contributed by atoms with Gasteiger partial charge in [-0.25, -0.2) is 8.42 Å². The van der Waals surface area contributed by atoms with E-state index in [0.717, 1.165) is 22.3 Å². The minimum absolute atomic E-state index is 0.0409. The fourth-order valence-electron chi connectivity index (χ4n) is 3.49. The first-order valence-electron chi connectivity index (χ1n) is 10.3. The molecule has 1 atom stereocenters. The van der Waals surface area contributed by atoms with E-state index in [9.17, 15) is 13.2 Å². The number of sulfonamides is 1. The van der Waals surface area contributed by atoms with E-state index in [1.54, 1.807) is 24.3 Å². The standard InChI is InChI=1S/C25H27ClN2O3S/c1-15-6-9-21(10-7-15)28-32(30,31)24-14-20(8-11-23(24)26)25(29)27-19(5)22-13-17(3)16(2)12-18(22)4/h6-14,19,28H,1-5H3,(H,27,29). The van der Waals surface area contributed by atoms with Gasteiger partial charge in [-0.15, -0.1) is 0 Å². The number of aryl methyl sites for hydroxylation is 4. The van der Waals surface area contributed by atoms with Crippen molar-refractivity contribution in [3.63, 3.8) is 0 Å². The molecule has 3 rings (SSSR count). The summed E-state index contributed by atoms with van der Waals surface area (Å²) < 4.78 is 28.3. The van der Waals surface area contributed by atoms with E-state index in [2.05, 4.69) is 29.1 Å². The Hall–Kier alpha value is -2.83. The van der Waals surface area contributed by atoms with Gasteiger partial charge in [-0.2, -0.15) is 0 Å². The fraction of sp³-hybridized carbons (Fsp3) is 0.240. The third kappa shape index (κ3) is 5.31. The van der Waals surface area contributed by atoms with Crippen LogP contribution < -0.4 is 10.0 Å². The van der Waals surface area contributed by atoms with Crippen molar-refractivity contribution < 1.29 is 13.2 Å². The van der Waals surface area contributed by atoms with Gasteiger partial charge >= 0.3 is 0 Å². The molecule has 0 aliphatic heterocycles. The molecule has 0 saturated carbocycles. The van der Waals surface area contributed by atoms with E-state index < -0.39 is 10.0 Å². The topological polar surface area (TPSA) is 75.3 Å². The van der Waals surface area contributed by atoms with Crippen LogP contribution in [0.25, 0.3) is 0 Å². The van der Waals surface area contributed by atoms with Crippen molar-refractivity contribution >= 4 is 33.2 Å². The molecule has 0 saturated heterocycles. The van der Waals surface area contributed by atoms with E-state index in [1.165, 1.54) is 23.8 Å². The van der Waals surface area contributed by atoms with Gasteiger partial charge < -0.3 is 5.32 Å². The van der Waals surface area contributed by atoms with Crippen molar-refractivity contribution in [1.82, 2.24) is 5.32 Å². The molecule has 7 heteroatoms. The quantitative estimate of drug-likeness (QED) is 0.473. The smallest absolute Gasteiger partial charge is 0.263 e. The van der Waals surface area contributed by atoms with Crippen LogP contribution in [0.3, 0.4) is 0 Å². The number of benzene rings is 3. The van der Waals surface area contributed by atoms with Crippen molar-refractivity contribution in [2.45, 2.75) is 45.6 Å². The van der Waals surface area contributed by atoms with Gasteiger partial charge in [0.2, 0.25) is 0 Å². The lowest BCUT2D eigenvalue weighted by Gasteiger charge is -2.19. The van der Waals surface area contributed by atoms with Crippen molar-refractivity contribution in [2.75, 3.05) is 4.72 Å². The van der Waals surface area contributed by atoms with Gasteiger partial charge in [-0.1, -0.05) is 41.4 Å². The summed E-state index contributed by atoms with van der Waals surface area (Å²) >= 11 is 6.18. The summed E-state index contributed by atoms with van der Waals surface area (Å²) in [7, 11) is -3.97. The van der Waals surface area contributed by atoms with Crippen LogP contribution in [-0.2, 0) is 10.0 Å². The molecule has 0 aliphatic rings. The van der Waals surface area contributed by atoms with Gasteiger partial charge in [0.15, 0.2) is 0 Å². The molecule has 32 heavy (non-hydrogen) atoms. The summed E-state index contributed by atoms with van der Waals surface area (Å²) in [5, 5.41) is 3.00. The third-order valence-corrected chi connectivity index (χ3v) is 7.35. The molecule has 3 aromatic rings. The number of halogens is 1. The first-order chi connectivity index (χ1) is 15.0. The van der Waals surface area contributed by atoms with Crippen LogP contribution in [0.15, 0.2) is 59.5 Å². The summed E-state index contributed by atoms with van der Waals surface area (Å²) in [6, 6.07) is 15.1. The molecule has 168 valence electrons. The van der Waals surface area contributed by atoms with Gasteiger partial charge in [0.1, 0.15) is 4.90 Å². The van der Waals surface area contributed by atoms with Crippen LogP contribution in [0.4, 0.5) is 5.69 Å². The molecule has 0 aliphatic carbocycles. The first-order valence-corrected chi connectivity index (χ1v) is 12.1. The Kier molecular flexibility index (Phi) is 6.96. The Morgan fingerprint density at radius 1 is 0.875 bits per heavy atom. The number of carbonyl (C=O) groups is 1. The molecule has 0 radical (unpaired) electrons. The maximum absolute atomic E-state index is 12.9. The van der Waals surface area contributed by atoms with Crippen LogP contribution in [0.2, 0.25) is 5.02 Å². The minimum atomic E-state index is -3.97. The zero-order valence-corrected chi connectivity index (χ0v) is 20.4. The minimum Gasteiger partial charge on any atom is -0.346 e. The van der Waals surface area contributed by atoms with E-state index in [-0.39, 0.29) is 27.4 Å². The molecule has 0 heterocycles. The second kappa shape index (κ2) is 9.35. The molecule has 0 bridgehead atoms. The van der Waals surface area contributed by atoms with Crippen molar-refractivity contribution in [2.24, 2.45) is 0 Å². The number of hydrogen-bond donors (Lipinski definition) is 2. The lowest BCUT2D eigenvalue weighted by Crippen LogP contribution is -2.27. The van der Waals surface area contributed by atoms with Gasteiger partial charge in [0, 0.05) is 11.3 Å². The highest BCUT2D eigenvalue weighted by Gasteiger charge is 2.21. The Bertz CT molecular complexity index is 1270. The second-order valence-electron chi connectivity index (χ2n) is 8.10. The molecule has 0 aromatic heterocycles. The average molecular weight is 471 g/mol. The predicted molar refractivity (Wildman–Crippen MR) is 130 cm³/mol. The summed E-state index contributed by atoms with van der Waals surface area (Å²) in [6.45, 7) is 9.91. The van der Waals surface area contributed by atoms with Gasteiger partial charge in [0.25, 0.3) is 15.9 Å².